The molecule has 1 heterocycles. The average Bonchev–Trinajstić information content (AvgIpc) is 2.30. The van der Waals surface area contributed by atoms with Crippen LogP contribution in [0.1, 0.15) is 19.4 Å². The predicted octanol–water partition coefficient (Wildman–Crippen LogP) is 2.63. The fourth-order valence-electron chi connectivity index (χ4n) is 0.826. The summed E-state index contributed by atoms with van der Waals surface area (Å²) in [6.45, 7) is -1.14. The molecule has 0 spiro atoms. The molecule has 2 heteroatoms. The molecule has 0 radical (unpaired) electrons. The Morgan fingerprint density at radius 2 is 2.55 bits per heavy atom. The third-order valence-electron chi connectivity index (χ3n) is 1.32. The Bertz CT molecular complexity index is 529. The van der Waals surface area contributed by atoms with Crippen LogP contribution in [0.5, 0.6) is 0 Å². The van der Waals surface area contributed by atoms with Gasteiger partial charge < -0.3 is 0 Å². The van der Waals surface area contributed by atoms with Crippen molar-refractivity contribution in [2.24, 2.45) is 0 Å². The fraction of sp³-hybridized carbons (Fsp3) is 0.111. The number of nitrogens with zero attached hydrogens (tertiary/aromatic N) is 1. The van der Waals surface area contributed by atoms with E-state index >= 15 is 0 Å². The molecule has 11 heavy (non-hydrogen) atoms. The Balaban J connectivity index is 2.82. The highest BCUT2D eigenvalue weighted by Gasteiger charge is 2.06. The van der Waals surface area contributed by atoms with E-state index in [0.717, 1.165) is 4.42 Å². The molecule has 0 amide bonds. The van der Waals surface area contributed by atoms with Gasteiger partial charge in [0, 0.05) is 18.0 Å². The Kier molecular flexibility index (Phi) is 0.666. The Morgan fingerprint density at radius 3 is 3.45 bits per heavy atom. The highest BCUT2D eigenvalue weighted by Crippen LogP contribution is 2.19. The normalized spacial score (nSPS) is 31.0. The van der Waals surface area contributed by atoms with Crippen molar-refractivity contribution in [3.63, 3.8) is 0 Å². The Labute approximate surface area is 79.4 Å². The first-order valence-corrected chi connectivity index (χ1v) is 3.35. The fourth-order valence-corrected chi connectivity index (χ4v) is 0.973. The molecular formula is C9H8ClN. The van der Waals surface area contributed by atoms with Gasteiger partial charge in [-0.25, -0.2) is 0 Å². The van der Waals surface area contributed by atoms with Crippen LogP contribution in [0.4, 0.5) is 0 Å². The molecule has 2 rings (SSSR count). The summed E-state index contributed by atoms with van der Waals surface area (Å²) in [4.78, 5) is 0. The summed E-state index contributed by atoms with van der Waals surface area (Å²) in [5.41, 5.74) is 0.264. The molecule has 0 aromatic heterocycles. The molecule has 56 valence electrons. The number of rotatable bonds is 0. The molecule has 0 saturated carbocycles. The summed E-state index contributed by atoms with van der Waals surface area (Å²) < 4.78 is 46.5. The molecule has 1 aliphatic rings. The van der Waals surface area contributed by atoms with Gasteiger partial charge in [-0.15, -0.1) is 0 Å². The predicted molar refractivity (Wildman–Crippen MR) is 46.9 cm³/mol. The van der Waals surface area contributed by atoms with Crippen LogP contribution in [0.15, 0.2) is 30.4 Å². The van der Waals surface area contributed by atoms with E-state index < -0.39 is 6.52 Å². The van der Waals surface area contributed by atoms with Gasteiger partial charge in [-0.1, -0.05) is 24.2 Å². The van der Waals surface area contributed by atoms with Gasteiger partial charge in [-0.05, 0) is 17.2 Å². The zero-order valence-corrected chi connectivity index (χ0v) is 6.24. The van der Waals surface area contributed by atoms with E-state index in [-0.39, 0.29) is 41.5 Å². The third kappa shape index (κ3) is 1.24. The maximum absolute atomic E-state index is 7.77. The molecule has 1 aliphatic heterocycles. The van der Waals surface area contributed by atoms with Crippen molar-refractivity contribution in [3.05, 3.63) is 41.5 Å². The van der Waals surface area contributed by atoms with Crippen molar-refractivity contribution in [2.45, 2.75) is 6.52 Å². The number of fused-ring (bicyclic) bond motifs is 1. The molecule has 0 aliphatic carbocycles. The molecule has 1 aromatic rings. The highest BCUT2D eigenvalue weighted by molar-refractivity contribution is 6.14. The summed E-state index contributed by atoms with van der Waals surface area (Å²) >= 11 is 5.70. The summed E-state index contributed by atoms with van der Waals surface area (Å²) in [5.74, 6) is 0. The molecule has 0 N–H and O–H groups in total. The van der Waals surface area contributed by atoms with E-state index in [2.05, 4.69) is 0 Å². The van der Waals surface area contributed by atoms with Crippen molar-refractivity contribution >= 4 is 17.8 Å². The SMILES string of the molecule is [2H]C1=C([2H])N(Cl)C([2H])c2cc([2H])c([2H])c([2H])c21. The topological polar surface area (TPSA) is 3.24 Å². The first-order chi connectivity index (χ1) is 7.86. The molecule has 1 atom stereocenters. The molecule has 0 bridgehead atoms. The van der Waals surface area contributed by atoms with Crippen LogP contribution in [-0.4, -0.2) is 4.42 Å². The summed E-state index contributed by atoms with van der Waals surface area (Å²) in [7, 11) is 0. The van der Waals surface area contributed by atoms with Crippen molar-refractivity contribution in [2.75, 3.05) is 0 Å². The van der Waals surface area contributed by atoms with Crippen LogP contribution in [0.2, 0.25) is 0 Å². The van der Waals surface area contributed by atoms with Crippen LogP contribution in [0, 0.1) is 0 Å². The van der Waals surface area contributed by atoms with Crippen LogP contribution >= 0.6 is 11.8 Å². The first kappa shape index (κ1) is 2.83. The molecule has 1 unspecified atom stereocenters. The molecule has 1 aromatic carbocycles. The summed E-state index contributed by atoms with van der Waals surface area (Å²) in [6.07, 6.45) is -0.371. The van der Waals surface area contributed by atoms with Gasteiger partial charge in [0.15, 0.2) is 0 Å². The van der Waals surface area contributed by atoms with Crippen LogP contribution in [0.3, 0.4) is 0 Å². The van der Waals surface area contributed by atoms with E-state index in [0.29, 0.717) is 0 Å². The van der Waals surface area contributed by atoms with Crippen LogP contribution < -0.4 is 0 Å². The number of halogens is 1. The monoisotopic (exact) mass is 171 g/mol. The van der Waals surface area contributed by atoms with Crippen molar-refractivity contribution in [3.8, 4) is 0 Å². The third-order valence-corrected chi connectivity index (χ3v) is 1.50. The second-order valence-corrected chi connectivity index (χ2v) is 2.41. The van der Waals surface area contributed by atoms with Crippen molar-refractivity contribution in [1.82, 2.24) is 4.42 Å². The van der Waals surface area contributed by atoms with E-state index in [1.54, 1.807) is 0 Å². The lowest BCUT2D eigenvalue weighted by molar-refractivity contribution is 0.594. The maximum atomic E-state index is 7.77. The maximum Gasteiger partial charge on any atom is 0.0829 e. The van der Waals surface area contributed by atoms with Gasteiger partial charge in [-0.3, -0.25) is 4.42 Å². The molecule has 0 fully saturated rings. The van der Waals surface area contributed by atoms with E-state index in [4.69, 9.17) is 20.0 Å². The minimum atomic E-state index is -1.14. The smallest absolute Gasteiger partial charge is 0.0829 e. The van der Waals surface area contributed by atoms with Gasteiger partial charge in [0.25, 0.3) is 0 Å². The lowest BCUT2D eigenvalue weighted by Gasteiger charge is -2.17. The van der Waals surface area contributed by atoms with Crippen LogP contribution in [0.25, 0.3) is 6.05 Å². The van der Waals surface area contributed by atoms with E-state index in [1.807, 2.05) is 0 Å². The highest BCUT2D eigenvalue weighted by atomic mass is 35.5. The van der Waals surface area contributed by atoms with E-state index in [1.165, 1.54) is 6.07 Å². The Hall–Kier alpha value is -0.950. The molecule has 1 nitrogen and oxygen atoms in total. The largest absolute Gasteiger partial charge is 0.288 e. The van der Waals surface area contributed by atoms with Gasteiger partial charge in [0.05, 0.1) is 14.7 Å². The number of benzene rings is 1. The van der Waals surface area contributed by atoms with Gasteiger partial charge in [-0.2, -0.15) is 0 Å². The standard InChI is InChI=1S/C9H8ClN/c10-11-6-5-8-3-1-2-4-9(8)7-11/h1-6H,7H2/i1D,2D,3D,5D,6D,7D. The second-order valence-electron chi connectivity index (χ2n) is 2.05. The molecular weight excluding hydrogens is 158 g/mol. The second kappa shape index (κ2) is 2.59. The van der Waals surface area contributed by atoms with Gasteiger partial charge in [0.1, 0.15) is 0 Å². The zero-order chi connectivity index (χ0) is 12.9. The lowest BCUT2D eigenvalue weighted by atomic mass is 10.1. The first-order valence-electron chi connectivity index (χ1n) is 6.09. The number of hydrogen-bond donors (Lipinski definition) is 0. The van der Waals surface area contributed by atoms with Crippen molar-refractivity contribution < 1.29 is 8.22 Å². The lowest BCUT2D eigenvalue weighted by Crippen LogP contribution is -2.08. The van der Waals surface area contributed by atoms with Gasteiger partial charge in [0.2, 0.25) is 0 Å². The summed E-state index contributed by atoms with van der Waals surface area (Å²) in [6, 6.07) is 0.166. The van der Waals surface area contributed by atoms with Crippen LogP contribution in [-0.2, 0) is 6.52 Å². The minimum absolute atomic E-state index is 0.0490. The summed E-state index contributed by atoms with van der Waals surface area (Å²) in [5, 5.41) is 0. The van der Waals surface area contributed by atoms with Gasteiger partial charge >= 0.3 is 0 Å². The zero-order valence-electron chi connectivity index (χ0n) is 11.5. The minimum Gasteiger partial charge on any atom is -0.288 e. The van der Waals surface area contributed by atoms with Crippen molar-refractivity contribution in [1.29, 1.82) is 0 Å². The quantitative estimate of drug-likeness (QED) is 0.543. The average molecular weight is 172 g/mol. The Morgan fingerprint density at radius 1 is 1.64 bits per heavy atom. The molecule has 0 saturated heterocycles. The number of hydrogen-bond acceptors (Lipinski definition) is 1. The van der Waals surface area contributed by atoms with E-state index in [9.17, 15) is 0 Å².